The normalized spacial score (nSPS) is 11.2. The number of aromatic nitrogens is 1. The first-order chi connectivity index (χ1) is 8.28. The highest BCUT2D eigenvalue weighted by molar-refractivity contribution is 7.13. The second kappa shape index (κ2) is 4.02. The molecule has 2 nitrogen and oxygen atoms in total. The molecule has 3 N–H and O–H groups in total. The van der Waals surface area contributed by atoms with Crippen LogP contribution in [-0.4, -0.2) is 4.98 Å². The SMILES string of the molecule is Cc1ccc2[nH]c(-c3sccc3CN)cc2c1. The Morgan fingerprint density at radius 2 is 2.12 bits per heavy atom. The van der Waals surface area contributed by atoms with Gasteiger partial charge in [-0.05, 0) is 42.1 Å². The van der Waals surface area contributed by atoms with E-state index in [-0.39, 0.29) is 0 Å². The number of hydrogen-bond acceptors (Lipinski definition) is 2. The first-order valence-corrected chi connectivity index (χ1v) is 6.52. The van der Waals surface area contributed by atoms with E-state index < -0.39 is 0 Å². The lowest BCUT2D eigenvalue weighted by atomic mass is 10.1. The molecule has 3 rings (SSSR count). The monoisotopic (exact) mass is 242 g/mol. The van der Waals surface area contributed by atoms with Crippen molar-refractivity contribution < 1.29 is 0 Å². The number of hydrogen-bond donors (Lipinski definition) is 2. The molecular formula is C14H14N2S. The lowest BCUT2D eigenvalue weighted by molar-refractivity contribution is 1.08. The third kappa shape index (κ3) is 1.77. The number of aryl methyl sites for hydroxylation is 1. The average molecular weight is 242 g/mol. The summed E-state index contributed by atoms with van der Waals surface area (Å²) in [6.07, 6.45) is 0. The summed E-state index contributed by atoms with van der Waals surface area (Å²) in [5.74, 6) is 0. The number of nitrogens with one attached hydrogen (secondary N) is 1. The molecule has 0 atom stereocenters. The van der Waals surface area contributed by atoms with Crippen molar-refractivity contribution in [2.75, 3.05) is 0 Å². The van der Waals surface area contributed by atoms with Gasteiger partial charge in [-0.15, -0.1) is 11.3 Å². The molecule has 17 heavy (non-hydrogen) atoms. The second-order valence-corrected chi connectivity index (χ2v) is 5.17. The molecule has 0 aliphatic carbocycles. The molecule has 86 valence electrons. The van der Waals surface area contributed by atoms with Gasteiger partial charge >= 0.3 is 0 Å². The van der Waals surface area contributed by atoms with Gasteiger partial charge in [0, 0.05) is 17.4 Å². The molecule has 0 bridgehead atoms. The van der Waals surface area contributed by atoms with E-state index >= 15 is 0 Å². The van der Waals surface area contributed by atoms with Gasteiger partial charge in [0.15, 0.2) is 0 Å². The summed E-state index contributed by atoms with van der Waals surface area (Å²) in [6, 6.07) is 10.7. The highest BCUT2D eigenvalue weighted by Gasteiger charge is 2.08. The number of benzene rings is 1. The van der Waals surface area contributed by atoms with Crippen LogP contribution in [0, 0.1) is 6.92 Å². The first-order valence-electron chi connectivity index (χ1n) is 5.64. The van der Waals surface area contributed by atoms with Gasteiger partial charge in [0.1, 0.15) is 0 Å². The summed E-state index contributed by atoms with van der Waals surface area (Å²) in [7, 11) is 0. The molecule has 0 amide bonds. The Balaban J connectivity index is 2.18. The fraction of sp³-hybridized carbons (Fsp3) is 0.143. The Morgan fingerprint density at radius 3 is 2.94 bits per heavy atom. The van der Waals surface area contributed by atoms with Crippen LogP contribution in [-0.2, 0) is 6.54 Å². The molecule has 1 aromatic carbocycles. The zero-order valence-corrected chi connectivity index (χ0v) is 10.5. The summed E-state index contributed by atoms with van der Waals surface area (Å²) in [4.78, 5) is 4.71. The molecule has 0 aliphatic rings. The minimum absolute atomic E-state index is 0.591. The topological polar surface area (TPSA) is 41.8 Å². The van der Waals surface area contributed by atoms with Crippen molar-refractivity contribution in [3.05, 3.63) is 46.8 Å². The van der Waals surface area contributed by atoms with Gasteiger partial charge < -0.3 is 10.7 Å². The largest absolute Gasteiger partial charge is 0.354 e. The third-order valence-electron chi connectivity index (χ3n) is 2.99. The fourth-order valence-corrected chi connectivity index (χ4v) is 3.02. The van der Waals surface area contributed by atoms with E-state index in [9.17, 15) is 0 Å². The van der Waals surface area contributed by atoms with Crippen LogP contribution in [0.25, 0.3) is 21.5 Å². The van der Waals surface area contributed by atoms with Crippen molar-refractivity contribution in [3.63, 3.8) is 0 Å². The van der Waals surface area contributed by atoms with Crippen molar-refractivity contribution in [1.82, 2.24) is 4.98 Å². The standard InChI is InChI=1S/C14H14N2S/c1-9-2-3-12-11(6-9)7-13(16-12)14-10(8-15)4-5-17-14/h2-7,16H,8,15H2,1H3. The smallest absolute Gasteiger partial charge is 0.0569 e. The molecule has 0 aliphatic heterocycles. The predicted octanol–water partition coefficient (Wildman–Crippen LogP) is 3.66. The molecule has 0 spiro atoms. The molecule has 0 fully saturated rings. The molecule has 0 unspecified atom stereocenters. The van der Waals surface area contributed by atoms with Crippen LogP contribution < -0.4 is 5.73 Å². The van der Waals surface area contributed by atoms with Crippen molar-refractivity contribution in [3.8, 4) is 10.6 Å². The lowest BCUT2D eigenvalue weighted by Gasteiger charge is -1.97. The Bertz CT molecular complexity index is 664. The van der Waals surface area contributed by atoms with Crippen LogP contribution in [0.2, 0.25) is 0 Å². The number of thiophene rings is 1. The number of H-pyrrole nitrogens is 1. The highest BCUT2D eigenvalue weighted by Crippen LogP contribution is 2.31. The van der Waals surface area contributed by atoms with Gasteiger partial charge in [0.05, 0.1) is 10.6 Å². The average Bonchev–Trinajstić information content (AvgIpc) is 2.93. The quantitative estimate of drug-likeness (QED) is 0.707. The molecule has 2 heterocycles. The van der Waals surface area contributed by atoms with Crippen molar-refractivity contribution in [1.29, 1.82) is 0 Å². The maximum Gasteiger partial charge on any atom is 0.0569 e. The summed E-state index contributed by atoms with van der Waals surface area (Å²) in [5, 5.41) is 3.35. The van der Waals surface area contributed by atoms with Crippen molar-refractivity contribution in [2.45, 2.75) is 13.5 Å². The maximum absolute atomic E-state index is 5.74. The van der Waals surface area contributed by atoms with Crippen LogP contribution in [0.3, 0.4) is 0 Å². The van der Waals surface area contributed by atoms with Crippen LogP contribution in [0.15, 0.2) is 35.7 Å². The Kier molecular flexibility index (Phi) is 2.50. The van der Waals surface area contributed by atoms with E-state index in [0.717, 1.165) is 0 Å². The summed E-state index contributed by atoms with van der Waals surface area (Å²) in [5.41, 5.74) is 10.6. The van der Waals surface area contributed by atoms with Crippen LogP contribution in [0.1, 0.15) is 11.1 Å². The number of rotatable bonds is 2. The predicted molar refractivity (Wildman–Crippen MR) is 74.2 cm³/mol. The van der Waals surface area contributed by atoms with E-state index in [1.54, 1.807) is 11.3 Å². The van der Waals surface area contributed by atoms with E-state index in [0.29, 0.717) is 6.54 Å². The molecule has 0 saturated carbocycles. The molecule has 3 aromatic rings. The fourth-order valence-electron chi connectivity index (χ4n) is 2.11. The van der Waals surface area contributed by atoms with Gasteiger partial charge in [-0.25, -0.2) is 0 Å². The minimum Gasteiger partial charge on any atom is -0.354 e. The Labute approximate surface area is 104 Å². The molecule has 3 heteroatoms. The zero-order valence-electron chi connectivity index (χ0n) is 9.66. The Hall–Kier alpha value is -1.58. The highest BCUT2D eigenvalue weighted by atomic mass is 32.1. The minimum atomic E-state index is 0.591. The van der Waals surface area contributed by atoms with Crippen molar-refractivity contribution in [2.24, 2.45) is 5.73 Å². The van der Waals surface area contributed by atoms with Crippen LogP contribution in [0.4, 0.5) is 0 Å². The maximum atomic E-state index is 5.74. The van der Waals surface area contributed by atoms with E-state index in [2.05, 4.69) is 47.6 Å². The van der Waals surface area contributed by atoms with Crippen LogP contribution in [0.5, 0.6) is 0 Å². The summed E-state index contributed by atoms with van der Waals surface area (Å²) in [6.45, 7) is 2.70. The van der Waals surface area contributed by atoms with Gasteiger partial charge in [-0.2, -0.15) is 0 Å². The van der Waals surface area contributed by atoms with Gasteiger partial charge in [-0.1, -0.05) is 11.6 Å². The third-order valence-corrected chi connectivity index (χ3v) is 3.98. The van der Waals surface area contributed by atoms with E-state index in [1.165, 1.54) is 32.6 Å². The van der Waals surface area contributed by atoms with E-state index in [4.69, 9.17) is 5.73 Å². The summed E-state index contributed by atoms with van der Waals surface area (Å²) < 4.78 is 0. The number of fused-ring (bicyclic) bond motifs is 1. The lowest BCUT2D eigenvalue weighted by Crippen LogP contribution is -1.95. The van der Waals surface area contributed by atoms with Gasteiger partial charge in [0.2, 0.25) is 0 Å². The number of nitrogens with two attached hydrogens (primary N) is 1. The number of aromatic amines is 1. The first kappa shape index (κ1) is 10.6. The molecule has 2 aromatic heterocycles. The van der Waals surface area contributed by atoms with Gasteiger partial charge in [-0.3, -0.25) is 0 Å². The summed E-state index contributed by atoms with van der Waals surface area (Å²) >= 11 is 1.74. The van der Waals surface area contributed by atoms with Crippen molar-refractivity contribution >= 4 is 22.2 Å². The van der Waals surface area contributed by atoms with Crippen LogP contribution >= 0.6 is 11.3 Å². The molecular weight excluding hydrogens is 228 g/mol. The molecule has 0 radical (unpaired) electrons. The Morgan fingerprint density at radius 1 is 1.24 bits per heavy atom. The molecule has 0 saturated heterocycles. The second-order valence-electron chi connectivity index (χ2n) is 4.25. The van der Waals surface area contributed by atoms with Gasteiger partial charge in [0.25, 0.3) is 0 Å². The zero-order chi connectivity index (χ0) is 11.8. The van der Waals surface area contributed by atoms with E-state index in [1.807, 2.05) is 0 Å².